The van der Waals surface area contributed by atoms with Crippen molar-refractivity contribution in [2.24, 2.45) is 11.1 Å². The highest BCUT2D eigenvalue weighted by molar-refractivity contribution is 5.98. The topological polar surface area (TPSA) is 96.0 Å². The molecule has 0 atom stereocenters. The minimum absolute atomic E-state index is 0.291. The van der Waals surface area contributed by atoms with Gasteiger partial charge >= 0.3 is 0 Å². The van der Waals surface area contributed by atoms with E-state index in [2.05, 4.69) is 11.4 Å². The van der Waals surface area contributed by atoms with Crippen LogP contribution in [0.2, 0.25) is 0 Å². The van der Waals surface area contributed by atoms with E-state index >= 15 is 0 Å². The Morgan fingerprint density at radius 2 is 1.71 bits per heavy atom. The van der Waals surface area contributed by atoms with Gasteiger partial charge < -0.3 is 11.1 Å². The maximum absolute atomic E-state index is 12.4. The van der Waals surface area contributed by atoms with Gasteiger partial charge in [0.15, 0.2) is 0 Å². The molecule has 0 heterocycles. The third-order valence-corrected chi connectivity index (χ3v) is 3.43. The minimum Gasteiger partial charge on any atom is -0.366 e. The number of nitriles is 1. The summed E-state index contributed by atoms with van der Waals surface area (Å²) in [6.45, 7) is 3.91. The zero-order valence-electron chi connectivity index (χ0n) is 12.5. The second kappa shape index (κ2) is 7.44. The molecule has 1 rings (SSSR count). The SMILES string of the molecule is CCCC(C#N)(CCC)C(=O)Nc1ccc(C(N)=O)cc1. The lowest BCUT2D eigenvalue weighted by Gasteiger charge is -2.24. The van der Waals surface area contributed by atoms with Gasteiger partial charge in [0.1, 0.15) is 5.41 Å². The van der Waals surface area contributed by atoms with Crippen molar-refractivity contribution in [1.82, 2.24) is 0 Å². The maximum Gasteiger partial charge on any atom is 0.248 e. The highest BCUT2D eigenvalue weighted by Crippen LogP contribution is 2.30. The number of nitrogens with one attached hydrogen (secondary N) is 1. The maximum atomic E-state index is 12.4. The van der Waals surface area contributed by atoms with Crippen LogP contribution < -0.4 is 11.1 Å². The van der Waals surface area contributed by atoms with Crippen LogP contribution in [0.1, 0.15) is 49.9 Å². The fraction of sp³-hybridized carbons (Fsp3) is 0.438. The summed E-state index contributed by atoms with van der Waals surface area (Å²) in [5.41, 5.74) is 5.10. The molecule has 21 heavy (non-hydrogen) atoms. The summed E-state index contributed by atoms with van der Waals surface area (Å²) in [5.74, 6) is -0.809. The van der Waals surface area contributed by atoms with E-state index in [9.17, 15) is 14.9 Å². The molecular weight excluding hydrogens is 266 g/mol. The quantitative estimate of drug-likeness (QED) is 0.807. The van der Waals surface area contributed by atoms with Crippen molar-refractivity contribution in [2.75, 3.05) is 5.32 Å². The minimum atomic E-state index is -0.994. The Balaban J connectivity index is 2.91. The van der Waals surface area contributed by atoms with Gasteiger partial charge in [0.05, 0.1) is 6.07 Å². The Kier molecular flexibility index (Phi) is 5.92. The number of rotatable bonds is 7. The summed E-state index contributed by atoms with van der Waals surface area (Å²) in [6, 6.07) is 8.49. The second-order valence-corrected chi connectivity index (χ2v) is 5.09. The van der Waals surface area contributed by atoms with Crippen LogP contribution in [-0.2, 0) is 4.79 Å². The van der Waals surface area contributed by atoms with Crippen LogP contribution in [0, 0.1) is 16.7 Å². The van der Waals surface area contributed by atoms with Crippen LogP contribution in [0.4, 0.5) is 5.69 Å². The summed E-state index contributed by atoms with van der Waals surface area (Å²) < 4.78 is 0. The van der Waals surface area contributed by atoms with Gasteiger partial charge in [-0.2, -0.15) is 5.26 Å². The molecule has 5 nitrogen and oxygen atoms in total. The molecule has 0 aliphatic heterocycles. The first-order valence-electron chi connectivity index (χ1n) is 7.11. The fourth-order valence-electron chi connectivity index (χ4n) is 2.34. The molecule has 0 unspecified atom stereocenters. The number of nitrogens with zero attached hydrogens (tertiary/aromatic N) is 1. The van der Waals surface area contributed by atoms with Gasteiger partial charge in [0, 0.05) is 11.3 Å². The van der Waals surface area contributed by atoms with E-state index in [-0.39, 0.29) is 5.91 Å². The predicted octanol–water partition coefficient (Wildman–Crippen LogP) is 2.83. The lowest BCUT2D eigenvalue weighted by atomic mass is 9.79. The van der Waals surface area contributed by atoms with Crippen molar-refractivity contribution >= 4 is 17.5 Å². The Morgan fingerprint density at radius 1 is 1.19 bits per heavy atom. The summed E-state index contributed by atoms with van der Waals surface area (Å²) >= 11 is 0. The molecule has 0 bridgehead atoms. The van der Waals surface area contributed by atoms with Crippen molar-refractivity contribution in [3.63, 3.8) is 0 Å². The molecular formula is C16H21N3O2. The largest absolute Gasteiger partial charge is 0.366 e. The number of carbonyl (C=O) groups excluding carboxylic acids is 2. The first-order valence-corrected chi connectivity index (χ1v) is 7.11. The normalized spacial score (nSPS) is 10.7. The number of nitrogens with two attached hydrogens (primary N) is 1. The molecule has 0 aliphatic rings. The van der Waals surface area contributed by atoms with Gasteiger partial charge in [-0.15, -0.1) is 0 Å². The molecule has 5 heteroatoms. The van der Waals surface area contributed by atoms with Crippen LogP contribution in [-0.4, -0.2) is 11.8 Å². The Hall–Kier alpha value is -2.35. The lowest BCUT2D eigenvalue weighted by molar-refractivity contribution is -0.123. The van der Waals surface area contributed by atoms with Gasteiger partial charge in [0.2, 0.25) is 11.8 Å². The smallest absolute Gasteiger partial charge is 0.248 e. The van der Waals surface area contributed by atoms with E-state index in [4.69, 9.17) is 5.73 Å². The van der Waals surface area contributed by atoms with Crippen LogP contribution in [0.25, 0.3) is 0 Å². The van der Waals surface area contributed by atoms with E-state index in [1.165, 1.54) is 0 Å². The van der Waals surface area contributed by atoms with E-state index < -0.39 is 11.3 Å². The lowest BCUT2D eigenvalue weighted by Crippen LogP contribution is -2.35. The average molecular weight is 287 g/mol. The molecule has 0 spiro atoms. The van der Waals surface area contributed by atoms with Gasteiger partial charge in [0.25, 0.3) is 0 Å². The van der Waals surface area contributed by atoms with Crippen molar-refractivity contribution in [3.05, 3.63) is 29.8 Å². The van der Waals surface area contributed by atoms with Gasteiger partial charge in [-0.1, -0.05) is 26.7 Å². The number of primary amides is 1. The Morgan fingerprint density at radius 3 is 2.10 bits per heavy atom. The van der Waals surface area contributed by atoms with E-state index in [1.807, 2.05) is 13.8 Å². The van der Waals surface area contributed by atoms with Crippen molar-refractivity contribution in [2.45, 2.75) is 39.5 Å². The molecule has 3 N–H and O–H groups in total. The van der Waals surface area contributed by atoms with Crippen LogP contribution in [0.15, 0.2) is 24.3 Å². The highest BCUT2D eigenvalue weighted by atomic mass is 16.2. The molecule has 0 radical (unpaired) electrons. The molecule has 0 saturated heterocycles. The van der Waals surface area contributed by atoms with E-state index in [0.29, 0.717) is 24.1 Å². The molecule has 112 valence electrons. The molecule has 1 aromatic carbocycles. The van der Waals surface area contributed by atoms with E-state index in [0.717, 1.165) is 12.8 Å². The number of hydrogen-bond donors (Lipinski definition) is 2. The molecule has 2 amide bonds. The zero-order valence-corrected chi connectivity index (χ0v) is 12.5. The first-order chi connectivity index (χ1) is 9.99. The Labute approximate surface area is 125 Å². The van der Waals surface area contributed by atoms with Crippen molar-refractivity contribution < 1.29 is 9.59 Å². The number of benzene rings is 1. The van der Waals surface area contributed by atoms with Crippen molar-refractivity contribution in [3.8, 4) is 6.07 Å². The van der Waals surface area contributed by atoms with Gasteiger partial charge in [-0.3, -0.25) is 9.59 Å². The third kappa shape index (κ3) is 4.06. The molecule has 0 aromatic heterocycles. The molecule has 0 aliphatic carbocycles. The number of amides is 2. The second-order valence-electron chi connectivity index (χ2n) is 5.09. The monoisotopic (exact) mass is 287 g/mol. The molecule has 0 saturated carbocycles. The van der Waals surface area contributed by atoms with Crippen molar-refractivity contribution in [1.29, 1.82) is 5.26 Å². The number of hydrogen-bond acceptors (Lipinski definition) is 3. The number of anilines is 1. The summed E-state index contributed by atoms with van der Waals surface area (Å²) in [6.07, 6.45) is 2.59. The molecule has 0 fully saturated rings. The van der Waals surface area contributed by atoms with E-state index in [1.54, 1.807) is 24.3 Å². The van der Waals surface area contributed by atoms with Crippen LogP contribution >= 0.6 is 0 Å². The highest BCUT2D eigenvalue weighted by Gasteiger charge is 2.36. The summed E-state index contributed by atoms with van der Waals surface area (Å²) in [7, 11) is 0. The Bertz CT molecular complexity index is 538. The number of carbonyl (C=O) groups is 2. The average Bonchev–Trinajstić information content (AvgIpc) is 2.47. The summed E-state index contributed by atoms with van der Waals surface area (Å²) in [4.78, 5) is 23.4. The third-order valence-electron chi connectivity index (χ3n) is 3.43. The molecule has 1 aromatic rings. The summed E-state index contributed by atoms with van der Waals surface area (Å²) in [5, 5.41) is 12.2. The van der Waals surface area contributed by atoms with Gasteiger partial charge in [-0.25, -0.2) is 0 Å². The van der Waals surface area contributed by atoms with Crippen LogP contribution in [0.3, 0.4) is 0 Å². The standard InChI is InChI=1S/C16H21N3O2/c1-3-9-16(11-17,10-4-2)15(21)19-13-7-5-12(6-8-13)14(18)20/h5-8H,3-4,9-10H2,1-2H3,(H2,18,20)(H,19,21). The fourth-order valence-corrected chi connectivity index (χ4v) is 2.34. The first kappa shape index (κ1) is 16.7. The van der Waals surface area contributed by atoms with Gasteiger partial charge in [-0.05, 0) is 37.1 Å². The predicted molar refractivity (Wildman–Crippen MR) is 81.5 cm³/mol. The zero-order chi connectivity index (χ0) is 15.9. The van der Waals surface area contributed by atoms with Crippen LogP contribution in [0.5, 0.6) is 0 Å².